The van der Waals surface area contributed by atoms with E-state index < -0.39 is 0 Å². The van der Waals surface area contributed by atoms with Crippen molar-refractivity contribution in [2.24, 2.45) is 0 Å². The van der Waals surface area contributed by atoms with Crippen molar-refractivity contribution >= 4 is 46.6 Å². The Bertz CT molecular complexity index is 1160. The summed E-state index contributed by atoms with van der Waals surface area (Å²) in [6.07, 6.45) is 1.62. The molecule has 0 saturated heterocycles. The summed E-state index contributed by atoms with van der Waals surface area (Å²) in [5.74, 6) is 0.425. The third kappa shape index (κ3) is 5.18. The van der Waals surface area contributed by atoms with Crippen LogP contribution in [0.3, 0.4) is 0 Å². The molecule has 2 aromatic carbocycles. The molecule has 9 heteroatoms. The molecule has 1 amide bonds. The van der Waals surface area contributed by atoms with E-state index in [1.165, 1.54) is 11.8 Å². The molecule has 0 aliphatic carbocycles. The van der Waals surface area contributed by atoms with Crippen LogP contribution in [-0.4, -0.2) is 26.8 Å². The van der Waals surface area contributed by atoms with Gasteiger partial charge in [-0.1, -0.05) is 70.5 Å². The van der Waals surface area contributed by atoms with Crippen molar-refractivity contribution in [1.29, 1.82) is 0 Å². The monoisotopic (exact) mass is 456 g/mol. The highest BCUT2D eigenvalue weighted by atomic mass is 35.5. The summed E-state index contributed by atoms with van der Waals surface area (Å²) in [4.78, 5) is 20.9. The Balaban J connectivity index is 1.41. The maximum Gasteiger partial charge on any atom is 0.234 e. The van der Waals surface area contributed by atoms with Gasteiger partial charge in [-0.2, -0.15) is 0 Å². The summed E-state index contributed by atoms with van der Waals surface area (Å²) in [5, 5.41) is 8.19. The molecule has 6 nitrogen and oxygen atoms in total. The highest BCUT2D eigenvalue weighted by Gasteiger charge is 2.12. The number of nitrogens with one attached hydrogen (secondary N) is 1. The molecule has 150 valence electrons. The van der Waals surface area contributed by atoms with Gasteiger partial charge in [0.15, 0.2) is 10.9 Å². The van der Waals surface area contributed by atoms with Gasteiger partial charge in [-0.15, -0.1) is 0 Å². The standard InChI is InChI=1S/C21H14Cl2N4O2S/c22-14-8-15(23)10-16(9-14)25-20(28)12-30-21-24-7-6-17(26-21)19-11-18(27-29-19)13-4-2-1-3-5-13/h1-11H,12H2,(H,25,28). The Morgan fingerprint density at radius 3 is 2.53 bits per heavy atom. The average Bonchev–Trinajstić information content (AvgIpc) is 3.23. The second kappa shape index (κ2) is 9.30. The minimum absolute atomic E-state index is 0.124. The third-order valence-corrected chi connectivity index (χ3v) is 5.24. The van der Waals surface area contributed by atoms with Crippen LogP contribution in [0.15, 0.2) is 76.5 Å². The fourth-order valence-electron chi connectivity index (χ4n) is 2.64. The van der Waals surface area contributed by atoms with Crippen LogP contribution >= 0.6 is 35.0 Å². The Hall–Kier alpha value is -2.87. The summed E-state index contributed by atoms with van der Waals surface area (Å²) in [6, 6.07) is 18.1. The minimum atomic E-state index is -0.224. The van der Waals surface area contributed by atoms with Crippen molar-refractivity contribution in [2.75, 3.05) is 11.1 Å². The van der Waals surface area contributed by atoms with Gasteiger partial charge in [-0.05, 0) is 24.3 Å². The first-order chi connectivity index (χ1) is 14.6. The Morgan fingerprint density at radius 1 is 1.00 bits per heavy atom. The lowest BCUT2D eigenvalue weighted by Gasteiger charge is -2.06. The molecule has 0 unspecified atom stereocenters. The van der Waals surface area contributed by atoms with E-state index in [0.717, 1.165) is 11.3 Å². The van der Waals surface area contributed by atoms with E-state index in [1.807, 2.05) is 36.4 Å². The highest BCUT2D eigenvalue weighted by molar-refractivity contribution is 7.99. The van der Waals surface area contributed by atoms with Crippen molar-refractivity contribution in [2.45, 2.75) is 5.16 Å². The lowest BCUT2D eigenvalue weighted by atomic mass is 10.1. The van der Waals surface area contributed by atoms with Crippen molar-refractivity contribution in [3.63, 3.8) is 0 Å². The molecule has 0 bridgehead atoms. The lowest BCUT2D eigenvalue weighted by molar-refractivity contribution is -0.113. The van der Waals surface area contributed by atoms with E-state index in [4.69, 9.17) is 27.7 Å². The van der Waals surface area contributed by atoms with Gasteiger partial charge in [0.05, 0.1) is 5.75 Å². The number of halogens is 2. The fourth-order valence-corrected chi connectivity index (χ4v) is 3.80. The molecule has 0 aliphatic heterocycles. The molecule has 0 aliphatic rings. The second-order valence-electron chi connectivity index (χ2n) is 6.16. The summed E-state index contributed by atoms with van der Waals surface area (Å²) in [5.41, 5.74) is 2.79. The van der Waals surface area contributed by atoms with Crippen LogP contribution in [0, 0.1) is 0 Å². The molecule has 30 heavy (non-hydrogen) atoms. The fraction of sp³-hybridized carbons (Fsp3) is 0.0476. The number of hydrogen-bond donors (Lipinski definition) is 1. The zero-order valence-corrected chi connectivity index (χ0v) is 17.7. The molecule has 4 rings (SSSR count). The average molecular weight is 457 g/mol. The molecule has 2 heterocycles. The van der Waals surface area contributed by atoms with E-state index >= 15 is 0 Å². The number of nitrogens with zero attached hydrogens (tertiary/aromatic N) is 3. The van der Waals surface area contributed by atoms with Gasteiger partial charge in [-0.25, -0.2) is 9.97 Å². The second-order valence-corrected chi connectivity index (χ2v) is 7.98. The number of carbonyl (C=O) groups excluding carboxylic acids is 1. The number of carbonyl (C=O) groups is 1. The Kier molecular flexibility index (Phi) is 6.32. The molecule has 0 fully saturated rings. The molecule has 2 aromatic heterocycles. The van der Waals surface area contributed by atoms with Crippen LogP contribution in [0.1, 0.15) is 0 Å². The number of amides is 1. The number of hydrogen-bond acceptors (Lipinski definition) is 6. The largest absolute Gasteiger partial charge is 0.354 e. The lowest BCUT2D eigenvalue weighted by Crippen LogP contribution is -2.14. The molecule has 0 radical (unpaired) electrons. The van der Waals surface area contributed by atoms with E-state index in [1.54, 1.807) is 30.5 Å². The normalized spacial score (nSPS) is 10.7. The zero-order valence-electron chi connectivity index (χ0n) is 15.4. The number of rotatable bonds is 6. The van der Waals surface area contributed by atoms with Gasteiger partial charge < -0.3 is 9.84 Å². The highest BCUT2D eigenvalue weighted by Crippen LogP contribution is 2.26. The van der Waals surface area contributed by atoms with Gasteiger partial charge >= 0.3 is 0 Å². The van der Waals surface area contributed by atoms with Gasteiger partial charge in [0.2, 0.25) is 5.91 Å². The maximum absolute atomic E-state index is 12.2. The Labute approximate surface area is 186 Å². The van der Waals surface area contributed by atoms with Crippen LogP contribution in [0.2, 0.25) is 10.0 Å². The summed E-state index contributed by atoms with van der Waals surface area (Å²) in [7, 11) is 0. The van der Waals surface area contributed by atoms with E-state index in [0.29, 0.717) is 32.3 Å². The number of anilines is 1. The van der Waals surface area contributed by atoms with Gasteiger partial charge in [0.25, 0.3) is 0 Å². The SMILES string of the molecule is O=C(CSc1nccc(-c2cc(-c3ccccc3)no2)n1)Nc1cc(Cl)cc(Cl)c1. The number of thioether (sulfide) groups is 1. The smallest absolute Gasteiger partial charge is 0.234 e. The topological polar surface area (TPSA) is 80.9 Å². The van der Waals surface area contributed by atoms with Gasteiger partial charge in [0.1, 0.15) is 11.4 Å². The molecule has 4 aromatic rings. The van der Waals surface area contributed by atoms with Crippen LogP contribution in [0.4, 0.5) is 5.69 Å². The van der Waals surface area contributed by atoms with Gasteiger partial charge in [-0.3, -0.25) is 4.79 Å². The number of aromatic nitrogens is 3. The predicted octanol–water partition coefficient (Wildman–Crippen LogP) is 5.84. The first-order valence-corrected chi connectivity index (χ1v) is 10.6. The molecular weight excluding hydrogens is 443 g/mol. The van der Waals surface area contributed by atoms with Crippen molar-refractivity contribution < 1.29 is 9.32 Å². The third-order valence-electron chi connectivity index (χ3n) is 3.94. The van der Waals surface area contributed by atoms with Crippen LogP contribution < -0.4 is 5.32 Å². The molecule has 0 spiro atoms. The predicted molar refractivity (Wildman–Crippen MR) is 119 cm³/mol. The van der Waals surface area contributed by atoms with E-state index in [2.05, 4.69) is 20.4 Å². The van der Waals surface area contributed by atoms with Crippen LogP contribution in [-0.2, 0) is 4.79 Å². The quantitative estimate of drug-likeness (QED) is 0.290. The first-order valence-electron chi connectivity index (χ1n) is 8.81. The number of benzene rings is 2. The van der Waals surface area contributed by atoms with Gasteiger partial charge in [0, 0.05) is 33.6 Å². The minimum Gasteiger partial charge on any atom is -0.354 e. The van der Waals surface area contributed by atoms with Crippen LogP contribution in [0.25, 0.3) is 22.7 Å². The summed E-state index contributed by atoms with van der Waals surface area (Å²) < 4.78 is 5.43. The molecule has 1 N–H and O–H groups in total. The van der Waals surface area contributed by atoms with Crippen LogP contribution in [0.5, 0.6) is 0 Å². The Morgan fingerprint density at radius 2 is 1.77 bits per heavy atom. The first kappa shape index (κ1) is 20.4. The summed E-state index contributed by atoms with van der Waals surface area (Å²) in [6.45, 7) is 0. The van der Waals surface area contributed by atoms with E-state index in [-0.39, 0.29) is 11.7 Å². The van der Waals surface area contributed by atoms with Crippen molar-refractivity contribution in [3.05, 3.63) is 76.9 Å². The zero-order chi connectivity index (χ0) is 20.9. The molecule has 0 atom stereocenters. The van der Waals surface area contributed by atoms with Crippen molar-refractivity contribution in [3.8, 4) is 22.7 Å². The maximum atomic E-state index is 12.2. The van der Waals surface area contributed by atoms with E-state index in [9.17, 15) is 4.79 Å². The van der Waals surface area contributed by atoms with Crippen molar-refractivity contribution in [1.82, 2.24) is 15.1 Å². The summed E-state index contributed by atoms with van der Waals surface area (Å²) >= 11 is 13.1. The molecule has 0 saturated carbocycles. The molecular formula is C21H14Cl2N4O2S.